The Bertz CT molecular complexity index is 1300. The molecule has 5 rings (SSSR count). The van der Waals surface area contributed by atoms with Crippen molar-refractivity contribution in [2.24, 2.45) is 0 Å². The number of pyridine rings is 1. The molecular weight excluding hydrogens is 450 g/mol. The number of alkyl halides is 5. The number of nitrogens with zero attached hydrogens (tertiary/aromatic N) is 3. The Kier molecular flexibility index (Phi) is 3.91. The predicted octanol–water partition coefficient (Wildman–Crippen LogP) is 3.90. The Morgan fingerprint density at radius 1 is 1.06 bits per heavy atom. The maximum absolute atomic E-state index is 15.4. The summed E-state index contributed by atoms with van der Waals surface area (Å²) in [5.41, 5.74) is -2.65. The Hall–Kier alpha value is -2.93. The number of sulfonamides is 1. The molecule has 2 aromatic heterocycles. The van der Waals surface area contributed by atoms with Gasteiger partial charge in [0.25, 0.3) is 0 Å². The minimum Gasteiger partial charge on any atom is -0.276 e. The lowest BCUT2D eigenvalue weighted by Gasteiger charge is -2.38. The maximum atomic E-state index is 15.4. The maximum Gasteiger partial charge on any atom is 0.433 e. The molecule has 6 nitrogen and oxygen atoms in total. The molecule has 0 saturated carbocycles. The minimum absolute atomic E-state index is 0.00766. The third kappa shape index (κ3) is 2.59. The molecule has 0 spiro atoms. The first-order valence-electron chi connectivity index (χ1n) is 8.72. The molecule has 1 N–H and O–H groups in total. The van der Waals surface area contributed by atoms with E-state index in [1.807, 2.05) is 0 Å². The Morgan fingerprint density at radius 3 is 2.45 bits per heavy atom. The summed E-state index contributed by atoms with van der Waals surface area (Å²) >= 11 is 0. The number of aromatic nitrogens is 3. The van der Waals surface area contributed by atoms with E-state index in [1.165, 1.54) is 12.1 Å². The van der Waals surface area contributed by atoms with Crippen molar-refractivity contribution in [1.29, 1.82) is 0 Å². The summed E-state index contributed by atoms with van der Waals surface area (Å²) in [6.45, 7) is 0. The van der Waals surface area contributed by atoms with Crippen molar-refractivity contribution in [2.45, 2.75) is 29.1 Å². The third-order valence-electron chi connectivity index (χ3n) is 5.41. The fourth-order valence-electron chi connectivity index (χ4n) is 4.15. The van der Waals surface area contributed by atoms with Gasteiger partial charge in [0, 0.05) is 17.3 Å². The van der Waals surface area contributed by atoms with Gasteiger partial charge < -0.3 is 0 Å². The van der Waals surface area contributed by atoms with Gasteiger partial charge in [0.15, 0.2) is 0 Å². The fraction of sp³-hybridized carbons (Fsp3) is 0.222. The van der Waals surface area contributed by atoms with E-state index in [0.29, 0.717) is 22.6 Å². The number of benzene rings is 1. The van der Waals surface area contributed by atoms with Crippen molar-refractivity contribution >= 4 is 10.0 Å². The van der Waals surface area contributed by atoms with Gasteiger partial charge >= 0.3 is 12.1 Å². The highest BCUT2D eigenvalue weighted by molar-refractivity contribution is 7.89. The molecule has 0 radical (unpaired) electrons. The van der Waals surface area contributed by atoms with Gasteiger partial charge in [-0.25, -0.2) is 12.8 Å². The van der Waals surface area contributed by atoms with Gasteiger partial charge in [-0.05, 0) is 23.8 Å². The van der Waals surface area contributed by atoms with Crippen LogP contribution in [0.5, 0.6) is 0 Å². The van der Waals surface area contributed by atoms with Gasteiger partial charge in [-0.3, -0.25) is 10.1 Å². The molecule has 162 valence electrons. The summed E-state index contributed by atoms with van der Waals surface area (Å²) < 4.78 is 111. The van der Waals surface area contributed by atoms with Crippen LogP contribution in [0.25, 0.3) is 0 Å². The van der Waals surface area contributed by atoms with Crippen LogP contribution in [0.2, 0.25) is 0 Å². The first-order valence-corrected chi connectivity index (χ1v) is 10.2. The average Bonchev–Trinajstić information content (AvgIpc) is 3.30. The normalized spacial score (nSPS) is 22.3. The number of nitrogens with one attached hydrogen (secondary N) is 1. The van der Waals surface area contributed by atoms with Crippen molar-refractivity contribution in [1.82, 2.24) is 19.5 Å². The molecule has 2 aliphatic heterocycles. The highest BCUT2D eigenvalue weighted by Crippen LogP contribution is 2.62. The van der Waals surface area contributed by atoms with Crippen LogP contribution in [0.3, 0.4) is 0 Å². The van der Waals surface area contributed by atoms with Crippen LogP contribution in [0, 0.1) is 5.82 Å². The number of hydrogen-bond donors (Lipinski definition) is 1. The molecule has 2 atom stereocenters. The third-order valence-corrected chi connectivity index (χ3v) is 7.22. The summed E-state index contributed by atoms with van der Waals surface area (Å²) in [5, 5.41) is 5.74. The molecule has 31 heavy (non-hydrogen) atoms. The molecule has 0 saturated heterocycles. The van der Waals surface area contributed by atoms with Gasteiger partial charge in [-0.15, -0.1) is 0 Å². The quantitative estimate of drug-likeness (QED) is 0.589. The van der Waals surface area contributed by atoms with Crippen LogP contribution >= 0.6 is 0 Å². The van der Waals surface area contributed by atoms with Crippen molar-refractivity contribution in [3.05, 3.63) is 76.6 Å². The summed E-state index contributed by atoms with van der Waals surface area (Å²) in [7, 11) is -4.82. The summed E-state index contributed by atoms with van der Waals surface area (Å²) in [4.78, 5) is 2.38. The number of H-pyrrole nitrogens is 1. The Labute approximate surface area is 170 Å². The summed E-state index contributed by atoms with van der Waals surface area (Å²) in [6, 6.07) is 1.01. The number of fused-ring (bicyclic) bond motifs is 7. The Morgan fingerprint density at radius 2 is 1.81 bits per heavy atom. The molecule has 13 heteroatoms. The standard InChI is InChI=1S/C18H10F6N4O2S/c19-11-3-1-2-9-13(11)16-17(20,21)15-10(7-26-27-15)14(9)28(16)31(29,30)8-4-5-12(25-6-8)18(22,23)24/h1-7,14,16H,(H,26,27). The zero-order valence-electron chi connectivity index (χ0n) is 15.0. The lowest BCUT2D eigenvalue weighted by atomic mass is 9.97. The molecule has 2 unspecified atom stereocenters. The SMILES string of the molecule is O=S(=O)(c1ccc(C(F)(F)F)nc1)N1C2c3cn[nH]c3C(F)(F)C1c1c(F)cccc12. The van der Waals surface area contributed by atoms with Crippen LogP contribution < -0.4 is 0 Å². The predicted molar refractivity (Wildman–Crippen MR) is 91.7 cm³/mol. The zero-order valence-corrected chi connectivity index (χ0v) is 15.8. The zero-order chi connectivity index (χ0) is 22.3. The largest absolute Gasteiger partial charge is 0.433 e. The van der Waals surface area contributed by atoms with E-state index in [2.05, 4.69) is 15.2 Å². The molecular formula is C18H10F6N4O2S. The summed E-state index contributed by atoms with van der Waals surface area (Å²) in [6.07, 6.45) is -3.34. The van der Waals surface area contributed by atoms with Gasteiger partial charge in [-0.1, -0.05) is 12.1 Å². The van der Waals surface area contributed by atoms with Crippen LogP contribution in [-0.4, -0.2) is 27.9 Å². The van der Waals surface area contributed by atoms with Crippen LogP contribution in [0.4, 0.5) is 26.3 Å². The lowest BCUT2D eigenvalue weighted by Crippen LogP contribution is -2.45. The van der Waals surface area contributed by atoms with Crippen molar-refractivity contribution in [3.8, 4) is 0 Å². The van der Waals surface area contributed by atoms with Crippen LogP contribution in [0.15, 0.2) is 47.6 Å². The average molecular weight is 460 g/mol. The van der Waals surface area contributed by atoms with Crippen molar-refractivity contribution in [2.75, 3.05) is 0 Å². The lowest BCUT2D eigenvalue weighted by molar-refractivity contribution is -0.141. The molecule has 0 aliphatic carbocycles. The van der Waals surface area contributed by atoms with Crippen molar-refractivity contribution in [3.63, 3.8) is 0 Å². The molecule has 0 amide bonds. The monoisotopic (exact) mass is 460 g/mol. The van der Waals surface area contributed by atoms with E-state index in [1.54, 1.807) is 0 Å². The smallest absolute Gasteiger partial charge is 0.276 e. The van der Waals surface area contributed by atoms with E-state index in [4.69, 9.17) is 0 Å². The van der Waals surface area contributed by atoms with Gasteiger partial charge in [0.2, 0.25) is 10.0 Å². The number of halogens is 6. The summed E-state index contributed by atoms with van der Waals surface area (Å²) in [5.74, 6) is -4.91. The van der Waals surface area contributed by atoms with Gasteiger partial charge in [-0.2, -0.15) is 31.4 Å². The minimum atomic E-state index is -4.82. The van der Waals surface area contributed by atoms with E-state index < -0.39 is 61.9 Å². The first-order chi connectivity index (χ1) is 14.5. The molecule has 0 fully saturated rings. The van der Waals surface area contributed by atoms with Crippen LogP contribution in [-0.2, 0) is 22.1 Å². The first kappa shape index (κ1) is 20.0. The molecule has 1 aromatic carbocycles. The second-order valence-electron chi connectivity index (χ2n) is 7.08. The van der Waals surface area contributed by atoms with E-state index in [-0.39, 0.29) is 11.1 Å². The molecule has 4 heterocycles. The molecule has 2 bridgehead atoms. The second kappa shape index (κ2) is 6.07. The highest BCUT2D eigenvalue weighted by Gasteiger charge is 2.64. The number of rotatable bonds is 2. The Balaban J connectivity index is 1.73. The van der Waals surface area contributed by atoms with E-state index in [0.717, 1.165) is 12.3 Å². The number of aromatic amines is 1. The fourth-order valence-corrected chi connectivity index (χ4v) is 5.84. The molecule has 2 aliphatic rings. The number of hydrogen-bond acceptors (Lipinski definition) is 4. The topological polar surface area (TPSA) is 79.0 Å². The van der Waals surface area contributed by atoms with E-state index in [9.17, 15) is 26.0 Å². The van der Waals surface area contributed by atoms with Gasteiger partial charge in [0.05, 0.1) is 12.2 Å². The molecule has 3 aromatic rings. The van der Waals surface area contributed by atoms with Gasteiger partial charge in [0.1, 0.15) is 28.1 Å². The van der Waals surface area contributed by atoms with Crippen molar-refractivity contribution < 1.29 is 34.8 Å². The second-order valence-corrected chi connectivity index (χ2v) is 8.93. The van der Waals surface area contributed by atoms with E-state index >= 15 is 8.78 Å². The highest BCUT2D eigenvalue weighted by atomic mass is 32.2. The van der Waals surface area contributed by atoms with Crippen LogP contribution in [0.1, 0.15) is 40.2 Å².